The van der Waals surface area contributed by atoms with Crippen molar-refractivity contribution in [2.24, 2.45) is 11.8 Å². The Balaban J connectivity index is 1.98. The fourth-order valence-corrected chi connectivity index (χ4v) is 3.92. The first-order chi connectivity index (χ1) is 12.9. The molecule has 1 aromatic rings. The lowest BCUT2D eigenvalue weighted by Crippen LogP contribution is -2.61. The van der Waals surface area contributed by atoms with Crippen molar-refractivity contribution in [2.75, 3.05) is 0 Å². The number of amides is 1. The highest BCUT2D eigenvalue weighted by Crippen LogP contribution is 2.51. The quantitative estimate of drug-likeness (QED) is 0.269. The van der Waals surface area contributed by atoms with Gasteiger partial charge in [0.25, 0.3) is 0 Å². The number of nitrogens with one attached hydrogen (secondary N) is 1. The van der Waals surface area contributed by atoms with Crippen molar-refractivity contribution in [3.05, 3.63) is 29.1 Å². The van der Waals surface area contributed by atoms with Gasteiger partial charge >= 0.3 is 18.1 Å². The zero-order valence-corrected chi connectivity index (χ0v) is 13.7. The lowest BCUT2D eigenvalue weighted by atomic mass is 9.80. The number of esters is 1. The van der Waals surface area contributed by atoms with Gasteiger partial charge < -0.3 is 10.1 Å². The maximum Gasteiger partial charge on any atom is 0.471 e. The van der Waals surface area contributed by atoms with E-state index in [9.17, 15) is 44.7 Å². The van der Waals surface area contributed by atoms with Gasteiger partial charge in [0.1, 0.15) is 5.54 Å². The Bertz CT molecular complexity index is 826. The third-order valence-corrected chi connectivity index (χ3v) is 5.17. The van der Waals surface area contributed by atoms with Crippen LogP contribution >= 0.6 is 0 Å². The molecule has 3 atom stereocenters. The summed E-state index contributed by atoms with van der Waals surface area (Å²) in [6.07, 6.45) is -4.67. The molecule has 12 heteroatoms. The Morgan fingerprint density at radius 1 is 0.929 bits per heavy atom. The van der Waals surface area contributed by atoms with Crippen LogP contribution in [0.15, 0.2) is 0 Å². The maximum absolute atomic E-state index is 13.7. The number of alkyl halides is 3. The van der Waals surface area contributed by atoms with Crippen LogP contribution in [0.25, 0.3) is 0 Å². The van der Waals surface area contributed by atoms with Gasteiger partial charge in [-0.25, -0.2) is 18.0 Å². The summed E-state index contributed by atoms with van der Waals surface area (Å²) in [5.41, 5.74) is -2.28. The number of carbonyl (C=O) groups is 2. The second-order valence-corrected chi connectivity index (χ2v) is 6.79. The largest absolute Gasteiger partial charge is 0.471 e. The average molecular weight is 417 g/mol. The molecule has 4 nitrogen and oxygen atoms in total. The predicted molar refractivity (Wildman–Crippen MR) is 74.2 cm³/mol. The van der Waals surface area contributed by atoms with Gasteiger partial charge in [0.05, 0.1) is 0 Å². The first-order valence-electron chi connectivity index (χ1n) is 8.01. The normalized spacial score (nSPS) is 26.4. The topological polar surface area (TPSA) is 55.4 Å². The molecule has 1 amide bonds. The number of hydrogen-bond acceptors (Lipinski definition) is 3. The predicted octanol–water partition coefficient (Wildman–Crippen LogP) is 3.52. The molecule has 0 heterocycles. The van der Waals surface area contributed by atoms with E-state index in [1.165, 1.54) is 5.32 Å². The lowest BCUT2D eigenvalue weighted by molar-refractivity contribution is -0.178. The number of benzene rings is 1. The molecule has 2 bridgehead atoms. The first kappa shape index (κ1) is 20.3. The standard InChI is InChI=1S/C16H11F8NO3/c17-7-8(18)10(20)12(11(21)9(7)19)28-14(27)15(25-13(26)16(22,23)24)4-5-1-2-6(15)3-5/h5-6H,1-4H2,(H,25,26)/t5-,6+,15?/m1/s1. The molecule has 0 saturated heterocycles. The Kier molecular flexibility index (Phi) is 4.79. The third-order valence-electron chi connectivity index (χ3n) is 5.17. The second-order valence-electron chi connectivity index (χ2n) is 6.79. The summed E-state index contributed by atoms with van der Waals surface area (Å²) < 4.78 is 109. The van der Waals surface area contributed by atoms with Gasteiger partial charge in [0.2, 0.25) is 34.8 Å². The fourth-order valence-electron chi connectivity index (χ4n) is 3.92. The second kappa shape index (κ2) is 6.59. The number of carbonyl (C=O) groups excluding carboxylic acids is 2. The van der Waals surface area contributed by atoms with Crippen molar-refractivity contribution < 1.29 is 49.4 Å². The summed E-state index contributed by atoms with van der Waals surface area (Å²) in [6, 6.07) is 0. The Morgan fingerprint density at radius 3 is 1.89 bits per heavy atom. The molecule has 1 unspecified atom stereocenters. The van der Waals surface area contributed by atoms with Crippen molar-refractivity contribution in [1.29, 1.82) is 0 Å². The molecule has 154 valence electrons. The monoisotopic (exact) mass is 417 g/mol. The number of ether oxygens (including phenoxy) is 1. The minimum atomic E-state index is -5.36. The highest BCUT2D eigenvalue weighted by molar-refractivity contribution is 5.92. The van der Waals surface area contributed by atoms with E-state index in [1.807, 2.05) is 0 Å². The van der Waals surface area contributed by atoms with Crippen LogP contribution in [0.4, 0.5) is 35.1 Å². The highest BCUT2D eigenvalue weighted by Gasteiger charge is 2.60. The zero-order chi connectivity index (χ0) is 21.0. The van der Waals surface area contributed by atoms with E-state index in [2.05, 4.69) is 4.74 Å². The van der Waals surface area contributed by atoms with E-state index < -0.39 is 64.3 Å². The van der Waals surface area contributed by atoms with Gasteiger partial charge in [0, 0.05) is 0 Å². The fraction of sp³-hybridized carbons (Fsp3) is 0.500. The molecule has 2 saturated carbocycles. The zero-order valence-electron chi connectivity index (χ0n) is 13.7. The van der Waals surface area contributed by atoms with Crippen LogP contribution in [0, 0.1) is 40.9 Å². The van der Waals surface area contributed by atoms with E-state index in [4.69, 9.17) is 0 Å². The third kappa shape index (κ3) is 3.08. The smallest absolute Gasteiger partial charge is 0.418 e. The van der Waals surface area contributed by atoms with Crippen LogP contribution in [0.5, 0.6) is 5.75 Å². The molecule has 3 rings (SSSR count). The summed E-state index contributed by atoms with van der Waals surface area (Å²) in [5.74, 6) is -19.4. The summed E-state index contributed by atoms with van der Waals surface area (Å²) in [7, 11) is 0. The van der Waals surface area contributed by atoms with Crippen LogP contribution in [0.2, 0.25) is 0 Å². The van der Waals surface area contributed by atoms with Crippen molar-refractivity contribution in [3.63, 3.8) is 0 Å². The van der Waals surface area contributed by atoms with E-state index >= 15 is 0 Å². The van der Waals surface area contributed by atoms with Crippen molar-refractivity contribution in [1.82, 2.24) is 5.32 Å². The van der Waals surface area contributed by atoms with Gasteiger partial charge in [-0.2, -0.15) is 22.0 Å². The summed E-state index contributed by atoms with van der Waals surface area (Å²) >= 11 is 0. The number of hydrogen-bond donors (Lipinski definition) is 1. The first-order valence-corrected chi connectivity index (χ1v) is 8.01. The Hall–Kier alpha value is -2.40. The van der Waals surface area contributed by atoms with Gasteiger partial charge in [-0.15, -0.1) is 0 Å². The molecular formula is C16H11F8NO3. The lowest BCUT2D eigenvalue weighted by Gasteiger charge is -2.36. The molecule has 28 heavy (non-hydrogen) atoms. The maximum atomic E-state index is 13.7. The van der Waals surface area contributed by atoms with Crippen molar-refractivity contribution in [3.8, 4) is 5.75 Å². The molecule has 2 fully saturated rings. The Labute approximate surface area is 151 Å². The minimum Gasteiger partial charge on any atom is -0.418 e. The average Bonchev–Trinajstić information content (AvgIpc) is 3.22. The highest BCUT2D eigenvalue weighted by atomic mass is 19.4. The number of fused-ring (bicyclic) bond motifs is 2. The van der Waals surface area contributed by atoms with Crippen LogP contribution in [-0.4, -0.2) is 23.6 Å². The molecule has 1 N–H and O–H groups in total. The van der Waals surface area contributed by atoms with Crippen LogP contribution in [-0.2, 0) is 9.59 Å². The van der Waals surface area contributed by atoms with E-state index in [-0.39, 0.29) is 25.2 Å². The molecule has 0 spiro atoms. The van der Waals surface area contributed by atoms with Crippen molar-refractivity contribution in [2.45, 2.75) is 37.4 Å². The van der Waals surface area contributed by atoms with Gasteiger partial charge in [-0.1, -0.05) is 0 Å². The number of halogens is 8. The Morgan fingerprint density at radius 2 is 1.46 bits per heavy atom. The molecule has 0 aliphatic heterocycles. The molecule has 2 aliphatic carbocycles. The van der Waals surface area contributed by atoms with Gasteiger partial charge in [-0.3, -0.25) is 4.79 Å². The molecule has 0 aromatic heterocycles. The van der Waals surface area contributed by atoms with E-state index in [0.717, 1.165) is 0 Å². The summed E-state index contributed by atoms with van der Waals surface area (Å²) in [4.78, 5) is 23.9. The van der Waals surface area contributed by atoms with Gasteiger partial charge in [-0.05, 0) is 37.5 Å². The summed E-state index contributed by atoms with van der Waals surface area (Å²) in [5, 5.41) is 1.52. The van der Waals surface area contributed by atoms with E-state index in [1.54, 1.807) is 0 Å². The van der Waals surface area contributed by atoms with Crippen molar-refractivity contribution >= 4 is 11.9 Å². The van der Waals surface area contributed by atoms with Crippen LogP contribution in [0.3, 0.4) is 0 Å². The van der Waals surface area contributed by atoms with Gasteiger partial charge in [0.15, 0.2) is 0 Å². The number of rotatable bonds is 3. The van der Waals surface area contributed by atoms with Crippen LogP contribution in [0.1, 0.15) is 25.7 Å². The molecule has 1 aromatic carbocycles. The SMILES string of the molecule is O=C(NC1(C(=O)Oc2c(F)c(F)c(F)c(F)c2F)C[C@@H]2CC[C@H]1C2)C(F)(F)F. The molecule has 0 radical (unpaired) electrons. The van der Waals surface area contributed by atoms with E-state index in [0.29, 0.717) is 6.42 Å². The molecular weight excluding hydrogens is 406 g/mol. The summed E-state index contributed by atoms with van der Waals surface area (Å²) in [6.45, 7) is 0. The minimum absolute atomic E-state index is 0.217. The van der Waals surface area contributed by atoms with Crippen LogP contribution < -0.4 is 10.1 Å². The molecule has 2 aliphatic rings.